The molecule has 0 aromatic carbocycles. The molecule has 1 aliphatic rings. The first-order valence-corrected chi connectivity index (χ1v) is 12.8. The number of carbonyl (C=O) groups excluding carboxylic acids is 1. The number of allylic oxidation sites excluding steroid dienone is 2. The van der Waals surface area contributed by atoms with E-state index in [1.165, 1.54) is 77.0 Å². The van der Waals surface area contributed by atoms with Crippen LogP contribution in [0.15, 0.2) is 29.5 Å². The first-order valence-electron chi connectivity index (χ1n) is 12.8. The minimum absolute atomic E-state index is 0.0943. The van der Waals surface area contributed by atoms with Crippen LogP contribution >= 0.6 is 0 Å². The molecule has 1 heterocycles. The molecular weight excluding hydrogens is 386 g/mol. The normalized spacial score (nSPS) is 19.3. The molecule has 5 nitrogen and oxygen atoms in total. The summed E-state index contributed by atoms with van der Waals surface area (Å²) in [7, 11) is 0. The van der Waals surface area contributed by atoms with Gasteiger partial charge in [-0.25, -0.2) is 9.48 Å². The van der Waals surface area contributed by atoms with Crippen LogP contribution in [0.4, 0.5) is 0 Å². The zero-order chi connectivity index (χ0) is 22.8. The van der Waals surface area contributed by atoms with Gasteiger partial charge in [-0.3, -0.25) is 5.73 Å². The summed E-state index contributed by atoms with van der Waals surface area (Å²) in [4.78, 5) is 15.6. The highest BCUT2D eigenvalue weighted by Gasteiger charge is 2.38. The number of aliphatic imine (C=N–C) groups is 1. The van der Waals surface area contributed by atoms with E-state index in [9.17, 15) is 9.90 Å². The van der Waals surface area contributed by atoms with Gasteiger partial charge in [0.15, 0.2) is 0 Å². The third-order valence-corrected chi connectivity index (χ3v) is 6.32. The van der Waals surface area contributed by atoms with Gasteiger partial charge < -0.3 is 9.90 Å². The Morgan fingerprint density at radius 3 is 2.00 bits per heavy atom. The van der Waals surface area contributed by atoms with E-state index in [0.29, 0.717) is 0 Å². The van der Waals surface area contributed by atoms with Gasteiger partial charge in [0.1, 0.15) is 18.9 Å². The lowest BCUT2D eigenvalue weighted by Gasteiger charge is -2.36. The second-order valence-electron chi connectivity index (χ2n) is 9.09. The Bertz CT molecular complexity index is 569. The van der Waals surface area contributed by atoms with Crippen LogP contribution in [0, 0.1) is 0 Å². The molecule has 31 heavy (non-hydrogen) atoms. The van der Waals surface area contributed by atoms with Crippen LogP contribution in [0.2, 0.25) is 0 Å². The van der Waals surface area contributed by atoms with Crippen LogP contribution in [0.5, 0.6) is 0 Å². The molecule has 0 aromatic heterocycles. The Balaban J connectivity index is 2.01. The number of hydrogen-bond donors (Lipinski definition) is 1. The second-order valence-corrected chi connectivity index (χ2v) is 9.09. The van der Waals surface area contributed by atoms with Gasteiger partial charge in [-0.2, -0.15) is 0 Å². The fourth-order valence-electron chi connectivity index (χ4n) is 4.28. The lowest BCUT2D eigenvalue weighted by atomic mass is 10.1. The molecule has 0 amide bonds. The summed E-state index contributed by atoms with van der Waals surface area (Å²) in [6.45, 7) is 3.95. The number of carboxylic acid groups (broad SMARTS) is 1. The van der Waals surface area contributed by atoms with Crippen molar-refractivity contribution in [1.29, 1.82) is 0 Å². The smallest absolute Gasteiger partial charge is 0.209 e. The van der Waals surface area contributed by atoms with E-state index in [1.54, 1.807) is 12.4 Å². The molecule has 0 fully saturated rings. The highest BCUT2D eigenvalue weighted by atomic mass is 16.4. The Kier molecular flexibility index (Phi) is 15.2. The van der Waals surface area contributed by atoms with Gasteiger partial charge >= 0.3 is 0 Å². The highest BCUT2D eigenvalue weighted by molar-refractivity contribution is 5.81. The maximum Gasteiger partial charge on any atom is 0.209 e. The molecule has 5 heteroatoms. The molecule has 2 N–H and O–H groups in total. The van der Waals surface area contributed by atoms with Crippen LogP contribution in [-0.2, 0) is 4.79 Å². The number of carboxylic acids is 1. The van der Waals surface area contributed by atoms with E-state index in [1.807, 2.05) is 6.92 Å². The predicted molar refractivity (Wildman–Crippen MR) is 129 cm³/mol. The number of hydrogen-bond acceptors (Lipinski definition) is 4. The van der Waals surface area contributed by atoms with Gasteiger partial charge in [0.25, 0.3) is 0 Å². The van der Waals surface area contributed by atoms with Gasteiger partial charge in [-0.05, 0) is 32.1 Å². The molecule has 0 aromatic rings. The van der Waals surface area contributed by atoms with E-state index in [0.717, 1.165) is 31.5 Å². The molecule has 0 saturated heterocycles. The number of rotatable bonds is 20. The molecule has 2 atom stereocenters. The summed E-state index contributed by atoms with van der Waals surface area (Å²) in [6, 6.07) is 0. The largest absolute Gasteiger partial charge is 0.544 e. The van der Waals surface area contributed by atoms with Crippen molar-refractivity contribution in [3.05, 3.63) is 24.6 Å². The van der Waals surface area contributed by atoms with E-state index in [2.05, 4.69) is 24.1 Å². The maximum absolute atomic E-state index is 11.2. The predicted octanol–water partition coefficient (Wildman–Crippen LogP) is 5.56. The summed E-state index contributed by atoms with van der Waals surface area (Å²) in [5.74, 6) is -0.258. The number of amidine groups is 1. The molecule has 1 rings (SSSR count). The van der Waals surface area contributed by atoms with E-state index in [-0.39, 0.29) is 17.2 Å². The van der Waals surface area contributed by atoms with E-state index < -0.39 is 5.97 Å². The fraction of sp³-hybridized carbons (Fsp3) is 0.769. The summed E-state index contributed by atoms with van der Waals surface area (Å²) >= 11 is 0. The molecule has 0 aliphatic carbocycles. The van der Waals surface area contributed by atoms with Crippen LogP contribution in [0.25, 0.3) is 0 Å². The lowest BCUT2D eigenvalue weighted by molar-refractivity contribution is -0.808. The minimum Gasteiger partial charge on any atom is -0.544 e. The van der Waals surface area contributed by atoms with Gasteiger partial charge in [0, 0.05) is 13.3 Å². The number of unbranched alkanes of at least 4 members (excludes halogenated alkanes) is 13. The quantitative estimate of drug-likeness (QED) is 0.155. The molecule has 2 unspecified atom stereocenters. The van der Waals surface area contributed by atoms with Gasteiger partial charge in [-0.1, -0.05) is 83.3 Å². The average Bonchev–Trinajstić information content (AvgIpc) is 3.13. The van der Waals surface area contributed by atoms with Crippen molar-refractivity contribution in [2.45, 2.75) is 123 Å². The molecular formula is C26H47N3O2. The third kappa shape index (κ3) is 11.6. The SMILES string of the molecule is CCCCCCCCCCCCC/C=C/CCCCC1=NC=C[N+]1(CC(=O)[O-])C(C)N. The van der Waals surface area contributed by atoms with Crippen LogP contribution in [0.1, 0.15) is 117 Å². The minimum atomic E-state index is -1.10. The Morgan fingerprint density at radius 2 is 1.48 bits per heavy atom. The van der Waals surface area contributed by atoms with Gasteiger partial charge in [-0.15, -0.1) is 0 Å². The molecule has 178 valence electrons. The summed E-state index contributed by atoms with van der Waals surface area (Å²) < 4.78 is 0.0943. The van der Waals surface area contributed by atoms with Gasteiger partial charge in [0.05, 0.1) is 12.2 Å². The molecule has 0 saturated carbocycles. The summed E-state index contributed by atoms with van der Waals surface area (Å²) in [5, 5.41) is 11.2. The Hall–Kier alpha value is -1.46. The monoisotopic (exact) mass is 433 g/mol. The number of quaternary nitrogens is 1. The van der Waals surface area contributed by atoms with Crippen molar-refractivity contribution in [1.82, 2.24) is 0 Å². The summed E-state index contributed by atoms with van der Waals surface area (Å²) in [6.07, 6.45) is 28.1. The van der Waals surface area contributed by atoms with Crippen molar-refractivity contribution < 1.29 is 14.4 Å². The molecule has 0 bridgehead atoms. The fourth-order valence-corrected chi connectivity index (χ4v) is 4.28. The van der Waals surface area contributed by atoms with Crippen molar-refractivity contribution >= 4 is 11.8 Å². The van der Waals surface area contributed by atoms with E-state index >= 15 is 0 Å². The molecule has 0 radical (unpaired) electrons. The molecule has 0 spiro atoms. The number of aliphatic carboxylic acids is 1. The van der Waals surface area contributed by atoms with Crippen molar-refractivity contribution in [2.75, 3.05) is 6.54 Å². The van der Waals surface area contributed by atoms with Crippen LogP contribution in [0.3, 0.4) is 0 Å². The van der Waals surface area contributed by atoms with Crippen molar-refractivity contribution in [3.63, 3.8) is 0 Å². The average molecular weight is 434 g/mol. The van der Waals surface area contributed by atoms with Crippen molar-refractivity contribution in [2.24, 2.45) is 10.7 Å². The highest BCUT2D eigenvalue weighted by Crippen LogP contribution is 2.23. The van der Waals surface area contributed by atoms with E-state index in [4.69, 9.17) is 5.73 Å². The maximum atomic E-state index is 11.2. The van der Waals surface area contributed by atoms with Crippen molar-refractivity contribution in [3.8, 4) is 0 Å². The standard InChI is InChI=1S/C26H47N3O2/c1-3-4-5-6-7-8-9-10-11-12-13-14-15-16-17-18-19-20-25-28-21-22-29(25,24(2)27)23-26(30)31/h15-16,21-22,24H,3-14,17-20,23,27H2,1-2H3/b16-15+. The van der Waals surface area contributed by atoms with Crippen LogP contribution < -0.4 is 10.8 Å². The van der Waals surface area contributed by atoms with Crippen LogP contribution in [-0.4, -0.2) is 29.0 Å². The number of nitrogens with zero attached hydrogens (tertiary/aromatic N) is 2. The third-order valence-electron chi connectivity index (χ3n) is 6.32. The Labute approximate surface area is 191 Å². The first kappa shape index (κ1) is 27.6. The topological polar surface area (TPSA) is 78.5 Å². The zero-order valence-electron chi connectivity index (χ0n) is 20.2. The lowest BCUT2D eigenvalue weighted by Crippen LogP contribution is -2.60. The number of carbonyl (C=O) groups is 1. The second kappa shape index (κ2) is 17.1. The number of nitrogens with two attached hydrogens (primary N) is 1. The summed E-state index contributed by atoms with van der Waals surface area (Å²) in [5.41, 5.74) is 6.08. The molecule has 1 aliphatic heterocycles. The Morgan fingerprint density at radius 1 is 0.968 bits per heavy atom. The van der Waals surface area contributed by atoms with Gasteiger partial charge in [0.2, 0.25) is 5.84 Å². The first-order chi connectivity index (χ1) is 15.0. The zero-order valence-corrected chi connectivity index (χ0v) is 20.2.